The summed E-state index contributed by atoms with van der Waals surface area (Å²) in [6, 6.07) is 0. The van der Waals surface area contributed by atoms with Crippen molar-refractivity contribution in [3.8, 4) is 0 Å². The Hall–Kier alpha value is -0.700. The van der Waals surface area contributed by atoms with Gasteiger partial charge in [-0.3, -0.25) is 9.69 Å². The summed E-state index contributed by atoms with van der Waals surface area (Å²) in [6.07, 6.45) is 4.70. The van der Waals surface area contributed by atoms with Gasteiger partial charge in [0.2, 0.25) is 15.9 Å². The Kier molecular flexibility index (Phi) is 6.98. The molecule has 158 valence electrons. The summed E-state index contributed by atoms with van der Waals surface area (Å²) in [5.41, 5.74) is -0.501. The minimum atomic E-state index is -3.36. The molecule has 7 nitrogen and oxygen atoms in total. The maximum Gasteiger partial charge on any atom is 0.225 e. The minimum Gasteiger partial charge on any atom is -0.389 e. The molecule has 1 saturated carbocycles. The van der Waals surface area contributed by atoms with E-state index in [4.69, 9.17) is 0 Å². The zero-order valence-corrected chi connectivity index (χ0v) is 18.3. The van der Waals surface area contributed by atoms with Crippen molar-refractivity contribution in [1.82, 2.24) is 14.5 Å². The number of carbonyl (C=O) groups is 1. The largest absolute Gasteiger partial charge is 0.389 e. The van der Waals surface area contributed by atoms with E-state index in [1.54, 1.807) is 7.05 Å². The lowest BCUT2D eigenvalue weighted by molar-refractivity contribution is -0.125. The van der Waals surface area contributed by atoms with Gasteiger partial charge >= 0.3 is 0 Å². The summed E-state index contributed by atoms with van der Waals surface area (Å²) >= 11 is 0. The van der Waals surface area contributed by atoms with Gasteiger partial charge in [-0.15, -0.1) is 0 Å². The van der Waals surface area contributed by atoms with Crippen LogP contribution in [0.25, 0.3) is 0 Å². The number of nitrogens with zero attached hydrogens (tertiary/aromatic N) is 2. The second kappa shape index (κ2) is 8.35. The number of aliphatic hydroxyl groups is 1. The van der Waals surface area contributed by atoms with Crippen molar-refractivity contribution in [3.05, 3.63) is 0 Å². The van der Waals surface area contributed by atoms with Crippen LogP contribution in [-0.4, -0.2) is 80.3 Å². The van der Waals surface area contributed by atoms with E-state index >= 15 is 0 Å². The minimum absolute atomic E-state index is 0.154. The molecular weight excluding hydrogens is 366 g/mol. The maximum atomic E-state index is 12.2. The molecule has 0 bridgehead atoms. The first-order valence-electron chi connectivity index (χ1n) is 9.95. The predicted molar refractivity (Wildman–Crippen MR) is 107 cm³/mol. The lowest BCUT2D eigenvalue weighted by Crippen LogP contribution is -2.49. The number of hydrogen-bond donors (Lipinski definition) is 2. The zero-order chi connectivity index (χ0) is 20.5. The smallest absolute Gasteiger partial charge is 0.225 e. The first-order valence-corrected chi connectivity index (χ1v) is 11.8. The molecule has 0 aromatic rings. The lowest BCUT2D eigenvalue weighted by Gasteiger charge is -2.43. The third kappa shape index (κ3) is 6.14. The first kappa shape index (κ1) is 22.6. The molecule has 8 heteroatoms. The lowest BCUT2D eigenvalue weighted by atomic mass is 9.68. The Morgan fingerprint density at radius 2 is 1.78 bits per heavy atom. The Morgan fingerprint density at radius 1 is 1.19 bits per heavy atom. The van der Waals surface area contributed by atoms with E-state index in [0.717, 1.165) is 25.7 Å². The fourth-order valence-electron chi connectivity index (χ4n) is 4.46. The van der Waals surface area contributed by atoms with Gasteiger partial charge in [0.1, 0.15) is 0 Å². The van der Waals surface area contributed by atoms with Crippen LogP contribution in [-0.2, 0) is 14.8 Å². The number of hydrogen-bond acceptors (Lipinski definition) is 5. The van der Waals surface area contributed by atoms with Gasteiger partial charge in [0.05, 0.1) is 17.8 Å². The molecule has 2 rings (SSSR count). The number of amides is 1. The molecule has 1 saturated heterocycles. The molecule has 0 aromatic carbocycles. The number of rotatable bonds is 4. The summed E-state index contributed by atoms with van der Waals surface area (Å²) in [5.74, 6) is 0.0296. The summed E-state index contributed by atoms with van der Waals surface area (Å²) < 4.78 is 25.4. The van der Waals surface area contributed by atoms with Gasteiger partial charge in [0.25, 0.3) is 0 Å². The average molecular weight is 404 g/mol. The number of β-amino-alcohol motifs (C(OH)–C–C–N with tert-alkyl or cyclic N) is 1. The average Bonchev–Trinajstić information content (AvgIpc) is 2.75. The van der Waals surface area contributed by atoms with Crippen LogP contribution in [0.1, 0.15) is 46.5 Å². The Balaban J connectivity index is 2.06. The van der Waals surface area contributed by atoms with Crippen molar-refractivity contribution in [2.24, 2.45) is 17.3 Å². The molecule has 27 heavy (non-hydrogen) atoms. The molecular formula is C19H37N3O4S. The predicted octanol–water partition coefficient (Wildman–Crippen LogP) is 0.893. The van der Waals surface area contributed by atoms with E-state index < -0.39 is 21.5 Å². The zero-order valence-electron chi connectivity index (χ0n) is 17.5. The number of nitrogens with one attached hydrogen (secondary N) is 1. The fraction of sp³-hybridized carbons (Fsp3) is 0.947. The summed E-state index contributed by atoms with van der Waals surface area (Å²) in [6.45, 7) is 8.81. The third-order valence-corrected chi connectivity index (χ3v) is 7.58. The van der Waals surface area contributed by atoms with Crippen LogP contribution in [0.4, 0.5) is 0 Å². The number of sulfonamides is 1. The van der Waals surface area contributed by atoms with Gasteiger partial charge in [0, 0.05) is 39.8 Å². The van der Waals surface area contributed by atoms with Gasteiger partial charge in [0.15, 0.2) is 0 Å². The van der Waals surface area contributed by atoms with Gasteiger partial charge in [-0.1, -0.05) is 20.8 Å². The van der Waals surface area contributed by atoms with Crippen LogP contribution in [0, 0.1) is 17.3 Å². The Morgan fingerprint density at radius 3 is 2.26 bits per heavy atom. The van der Waals surface area contributed by atoms with Crippen molar-refractivity contribution in [2.45, 2.75) is 52.1 Å². The fourth-order valence-corrected chi connectivity index (χ4v) is 5.33. The van der Waals surface area contributed by atoms with Crippen molar-refractivity contribution < 1.29 is 18.3 Å². The Bertz CT molecular complexity index is 621. The standard InChI is InChI=1S/C19H37N3O4S/c1-18(2,3)16-6-8-19(24,9-7-16)14-21-10-11-22(27(5,25)26)13-15(12-21)17(23)20-4/h15-16,24H,6-14H2,1-5H3,(H,20,23)/t15-,16?,19?/m1/s1. The van der Waals surface area contributed by atoms with Crippen molar-refractivity contribution in [1.29, 1.82) is 0 Å². The van der Waals surface area contributed by atoms with Crippen LogP contribution in [0.3, 0.4) is 0 Å². The van der Waals surface area contributed by atoms with E-state index in [1.807, 2.05) is 0 Å². The quantitative estimate of drug-likeness (QED) is 0.728. The molecule has 1 heterocycles. The van der Waals surface area contributed by atoms with Crippen LogP contribution >= 0.6 is 0 Å². The van der Waals surface area contributed by atoms with Crippen molar-refractivity contribution >= 4 is 15.9 Å². The molecule has 2 N–H and O–H groups in total. The first-order chi connectivity index (χ1) is 12.3. The van der Waals surface area contributed by atoms with Crippen LogP contribution in [0.5, 0.6) is 0 Å². The molecule has 0 aromatic heterocycles. The highest BCUT2D eigenvalue weighted by Gasteiger charge is 2.40. The molecule has 2 aliphatic rings. The van der Waals surface area contributed by atoms with Crippen LogP contribution in [0.15, 0.2) is 0 Å². The molecule has 2 fully saturated rings. The van der Waals surface area contributed by atoms with Crippen LogP contribution < -0.4 is 5.32 Å². The van der Waals surface area contributed by atoms with E-state index in [-0.39, 0.29) is 17.9 Å². The van der Waals surface area contributed by atoms with E-state index in [1.165, 1.54) is 10.6 Å². The molecule has 0 unspecified atom stereocenters. The van der Waals surface area contributed by atoms with Gasteiger partial charge in [-0.2, -0.15) is 0 Å². The summed E-state index contributed by atoms with van der Waals surface area (Å²) in [5, 5.41) is 13.8. The van der Waals surface area contributed by atoms with Crippen molar-refractivity contribution in [3.63, 3.8) is 0 Å². The van der Waals surface area contributed by atoms with E-state index in [2.05, 4.69) is 31.0 Å². The normalized spacial score (nSPS) is 32.1. The Labute approximate surface area is 164 Å². The monoisotopic (exact) mass is 403 g/mol. The summed E-state index contributed by atoms with van der Waals surface area (Å²) in [7, 11) is -1.78. The second-order valence-electron chi connectivity index (χ2n) is 9.53. The van der Waals surface area contributed by atoms with Gasteiger partial charge in [-0.05, 0) is 37.0 Å². The SMILES string of the molecule is CNC(=O)[C@@H]1CN(CC2(O)CCC(C(C)(C)C)CC2)CCN(S(C)(=O)=O)C1. The van der Waals surface area contributed by atoms with Gasteiger partial charge in [-0.25, -0.2) is 12.7 Å². The second-order valence-corrected chi connectivity index (χ2v) is 11.5. The molecule has 1 aliphatic heterocycles. The van der Waals surface area contributed by atoms with E-state index in [0.29, 0.717) is 32.1 Å². The number of carbonyl (C=O) groups excluding carboxylic acids is 1. The highest BCUT2D eigenvalue weighted by atomic mass is 32.2. The highest BCUT2D eigenvalue weighted by molar-refractivity contribution is 7.88. The summed E-state index contributed by atoms with van der Waals surface area (Å²) in [4.78, 5) is 14.3. The van der Waals surface area contributed by atoms with E-state index in [9.17, 15) is 18.3 Å². The third-order valence-electron chi connectivity index (χ3n) is 6.31. The topological polar surface area (TPSA) is 90.0 Å². The van der Waals surface area contributed by atoms with Crippen molar-refractivity contribution in [2.75, 3.05) is 46.0 Å². The highest BCUT2D eigenvalue weighted by Crippen LogP contribution is 2.41. The molecule has 0 spiro atoms. The van der Waals surface area contributed by atoms with Gasteiger partial charge < -0.3 is 10.4 Å². The molecule has 0 radical (unpaired) electrons. The molecule has 1 amide bonds. The molecule has 1 atom stereocenters. The van der Waals surface area contributed by atoms with Crippen LogP contribution in [0.2, 0.25) is 0 Å². The molecule has 1 aliphatic carbocycles. The maximum absolute atomic E-state index is 12.2.